The number of carbonyl (C=O) groups is 1. The largest absolute Gasteiger partial charge is 0.325 e. The maximum atomic E-state index is 12.5. The van der Waals surface area contributed by atoms with Crippen LogP contribution >= 0.6 is 34.2 Å². The van der Waals surface area contributed by atoms with Crippen molar-refractivity contribution in [1.29, 1.82) is 0 Å². The van der Waals surface area contributed by atoms with Crippen LogP contribution in [0.1, 0.15) is 12.0 Å². The molecule has 0 radical (unpaired) electrons. The average molecular weight is 468 g/mol. The lowest BCUT2D eigenvalue weighted by atomic mass is 10.1. The molecule has 7 heteroatoms. The molecule has 1 amide bonds. The van der Waals surface area contributed by atoms with Crippen molar-refractivity contribution in [1.82, 2.24) is 9.55 Å². The SMILES string of the molecule is Cc1cccc2c(=O)n(CCC(=O)Nc3ccc(I)cc3Cl)cnc12. The van der Waals surface area contributed by atoms with Crippen LogP contribution in [-0.4, -0.2) is 15.5 Å². The summed E-state index contributed by atoms with van der Waals surface area (Å²) in [7, 11) is 0. The zero-order chi connectivity index (χ0) is 18.0. The zero-order valence-electron chi connectivity index (χ0n) is 13.4. The molecule has 1 N–H and O–H groups in total. The summed E-state index contributed by atoms with van der Waals surface area (Å²) in [6.07, 6.45) is 1.64. The molecule has 0 saturated carbocycles. The van der Waals surface area contributed by atoms with Crippen molar-refractivity contribution in [3.05, 3.63) is 67.2 Å². The number of nitrogens with zero attached hydrogens (tertiary/aromatic N) is 2. The second-order valence-corrected chi connectivity index (χ2v) is 7.29. The minimum atomic E-state index is -0.209. The van der Waals surface area contributed by atoms with Gasteiger partial charge in [-0.3, -0.25) is 14.2 Å². The van der Waals surface area contributed by atoms with E-state index < -0.39 is 0 Å². The second-order valence-electron chi connectivity index (χ2n) is 5.64. The van der Waals surface area contributed by atoms with Gasteiger partial charge in [-0.25, -0.2) is 4.98 Å². The molecule has 0 aliphatic heterocycles. The van der Waals surface area contributed by atoms with E-state index in [-0.39, 0.29) is 24.4 Å². The minimum absolute atomic E-state index is 0.145. The molecule has 0 spiro atoms. The van der Waals surface area contributed by atoms with Crippen LogP contribution in [-0.2, 0) is 11.3 Å². The number of benzene rings is 2. The van der Waals surface area contributed by atoms with Crippen LogP contribution in [0, 0.1) is 10.5 Å². The van der Waals surface area contributed by atoms with E-state index >= 15 is 0 Å². The molecule has 0 bridgehead atoms. The fraction of sp³-hybridized carbons (Fsp3) is 0.167. The van der Waals surface area contributed by atoms with Crippen LogP contribution in [0.25, 0.3) is 10.9 Å². The first-order chi connectivity index (χ1) is 12.0. The lowest BCUT2D eigenvalue weighted by Gasteiger charge is -2.09. The number of nitrogens with one attached hydrogen (secondary N) is 1. The van der Waals surface area contributed by atoms with Crippen LogP contribution in [0.15, 0.2) is 47.5 Å². The highest BCUT2D eigenvalue weighted by Crippen LogP contribution is 2.23. The molecule has 0 aliphatic carbocycles. The molecule has 0 fully saturated rings. The van der Waals surface area contributed by atoms with Crippen molar-refractivity contribution < 1.29 is 4.79 Å². The second kappa shape index (κ2) is 7.53. The van der Waals surface area contributed by atoms with E-state index in [0.717, 1.165) is 9.13 Å². The molecule has 128 valence electrons. The molecular weight excluding hydrogens is 453 g/mol. The van der Waals surface area contributed by atoms with Crippen molar-refractivity contribution in [2.75, 3.05) is 5.32 Å². The van der Waals surface area contributed by atoms with Crippen LogP contribution in [0.5, 0.6) is 0 Å². The Labute approximate surface area is 163 Å². The first kappa shape index (κ1) is 17.9. The third-order valence-corrected chi connectivity index (χ3v) is 4.82. The predicted octanol–water partition coefficient (Wildman–Crippen LogP) is 3.99. The number of anilines is 1. The maximum absolute atomic E-state index is 12.5. The minimum Gasteiger partial charge on any atom is -0.325 e. The number of aryl methyl sites for hydroxylation is 2. The number of carbonyl (C=O) groups excluding carboxylic acids is 1. The van der Waals surface area contributed by atoms with Gasteiger partial charge in [-0.05, 0) is 59.3 Å². The van der Waals surface area contributed by atoms with Crippen LogP contribution in [0.4, 0.5) is 5.69 Å². The number of rotatable bonds is 4. The third kappa shape index (κ3) is 4.01. The summed E-state index contributed by atoms with van der Waals surface area (Å²) in [4.78, 5) is 29.0. The monoisotopic (exact) mass is 467 g/mol. The summed E-state index contributed by atoms with van der Waals surface area (Å²) in [6, 6.07) is 10.9. The Hall–Kier alpha value is -1.93. The molecule has 2 aromatic carbocycles. The molecule has 0 unspecified atom stereocenters. The fourth-order valence-corrected chi connectivity index (χ4v) is 3.43. The topological polar surface area (TPSA) is 64.0 Å². The van der Waals surface area contributed by atoms with Gasteiger partial charge in [0.1, 0.15) is 0 Å². The molecule has 25 heavy (non-hydrogen) atoms. The standard InChI is InChI=1S/C18H15ClIN3O2/c1-11-3-2-4-13-17(11)21-10-23(18(13)25)8-7-16(24)22-15-6-5-12(20)9-14(15)19/h2-6,9-10H,7-8H2,1H3,(H,22,24). The van der Waals surface area contributed by atoms with Gasteiger partial charge in [-0.2, -0.15) is 0 Å². The summed E-state index contributed by atoms with van der Waals surface area (Å²) in [5.74, 6) is -0.209. The van der Waals surface area contributed by atoms with Crippen LogP contribution in [0.3, 0.4) is 0 Å². The Kier molecular flexibility index (Phi) is 5.39. The van der Waals surface area contributed by atoms with Crippen LogP contribution in [0.2, 0.25) is 5.02 Å². The van der Waals surface area contributed by atoms with E-state index in [4.69, 9.17) is 11.6 Å². The molecule has 0 saturated heterocycles. The van der Waals surface area contributed by atoms with E-state index in [1.54, 1.807) is 18.2 Å². The molecular formula is C18H15ClIN3O2. The van der Waals surface area contributed by atoms with E-state index in [1.165, 1.54) is 10.9 Å². The molecule has 3 aromatic rings. The Morgan fingerprint density at radius 1 is 1.32 bits per heavy atom. The lowest BCUT2D eigenvalue weighted by Crippen LogP contribution is -2.24. The van der Waals surface area contributed by atoms with Gasteiger partial charge in [0.2, 0.25) is 5.91 Å². The first-order valence-corrected chi connectivity index (χ1v) is 9.11. The normalized spacial score (nSPS) is 10.8. The summed E-state index contributed by atoms with van der Waals surface area (Å²) in [6.45, 7) is 2.17. The Morgan fingerprint density at radius 3 is 2.88 bits per heavy atom. The smallest absolute Gasteiger partial charge is 0.261 e. The zero-order valence-corrected chi connectivity index (χ0v) is 16.3. The van der Waals surface area contributed by atoms with Gasteiger partial charge in [-0.15, -0.1) is 0 Å². The number of halogens is 2. The van der Waals surface area contributed by atoms with Gasteiger partial charge in [0.15, 0.2) is 0 Å². The van der Waals surface area contributed by atoms with Crippen molar-refractivity contribution in [3.8, 4) is 0 Å². The average Bonchev–Trinajstić information content (AvgIpc) is 2.57. The van der Waals surface area contributed by atoms with Gasteiger partial charge in [0, 0.05) is 16.5 Å². The van der Waals surface area contributed by atoms with Gasteiger partial charge >= 0.3 is 0 Å². The molecule has 5 nitrogen and oxygen atoms in total. The number of amides is 1. The van der Waals surface area contributed by atoms with Crippen molar-refractivity contribution >= 4 is 56.7 Å². The number of aromatic nitrogens is 2. The van der Waals surface area contributed by atoms with Gasteiger partial charge in [0.25, 0.3) is 5.56 Å². The fourth-order valence-electron chi connectivity index (χ4n) is 2.52. The summed E-state index contributed by atoms with van der Waals surface area (Å²) >= 11 is 8.26. The van der Waals surface area contributed by atoms with E-state index in [9.17, 15) is 9.59 Å². The lowest BCUT2D eigenvalue weighted by molar-refractivity contribution is -0.116. The van der Waals surface area contributed by atoms with Crippen LogP contribution < -0.4 is 10.9 Å². The van der Waals surface area contributed by atoms with E-state index in [1.807, 2.05) is 25.1 Å². The highest BCUT2D eigenvalue weighted by Gasteiger charge is 2.09. The molecule has 0 aliphatic rings. The Morgan fingerprint density at radius 2 is 2.12 bits per heavy atom. The summed E-state index contributed by atoms with van der Waals surface area (Å²) < 4.78 is 2.45. The van der Waals surface area contributed by atoms with Crippen molar-refractivity contribution in [3.63, 3.8) is 0 Å². The summed E-state index contributed by atoms with van der Waals surface area (Å²) in [5.41, 5.74) is 2.06. The third-order valence-electron chi connectivity index (χ3n) is 3.84. The van der Waals surface area contributed by atoms with Crippen molar-refractivity contribution in [2.24, 2.45) is 0 Å². The number of hydrogen-bond acceptors (Lipinski definition) is 3. The van der Waals surface area contributed by atoms with E-state index in [0.29, 0.717) is 21.6 Å². The molecule has 1 heterocycles. The number of para-hydroxylation sites is 1. The molecule has 3 rings (SSSR count). The first-order valence-electron chi connectivity index (χ1n) is 7.65. The van der Waals surface area contributed by atoms with Gasteiger partial charge in [0.05, 0.1) is 27.9 Å². The Bertz CT molecular complexity index is 1020. The summed E-state index contributed by atoms with van der Waals surface area (Å²) in [5, 5.41) is 3.81. The predicted molar refractivity (Wildman–Crippen MR) is 108 cm³/mol. The molecule has 0 atom stereocenters. The molecule has 1 aromatic heterocycles. The highest BCUT2D eigenvalue weighted by atomic mass is 127. The Balaban J connectivity index is 1.73. The van der Waals surface area contributed by atoms with E-state index in [2.05, 4.69) is 32.9 Å². The van der Waals surface area contributed by atoms with Crippen molar-refractivity contribution in [2.45, 2.75) is 19.9 Å². The van der Waals surface area contributed by atoms with Gasteiger partial charge in [-0.1, -0.05) is 23.7 Å². The number of fused-ring (bicyclic) bond motifs is 1. The van der Waals surface area contributed by atoms with Gasteiger partial charge < -0.3 is 5.32 Å². The quantitative estimate of drug-likeness (QED) is 0.590. The highest BCUT2D eigenvalue weighted by molar-refractivity contribution is 14.1. The number of hydrogen-bond donors (Lipinski definition) is 1. The maximum Gasteiger partial charge on any atom is 0.261 e.